The van der Waals surface area contributed by atoms with E-state index in [-0.39, 0.29) is 12.0 Å². The number of thiazole rings is 1. The van der Waals surface area contributed by atoms with Crippen molar-refractivity contribution in [2.24, 2.45) is 5.84 Å². The van der Waals surface area contributed by atoms with Crippen molar-refractivity contribution in [1.29, 1.82) is 0 Å². The molecule has 108 valence electrons. The first-order valence-electron chi connectivity index (χ1n) is 6.53. The van der Waals surface area contributed by atoms with Gasteiger partial charge < -0.3 is 10.7 Å². The number of nitrogens with zero attached hydrogens (tertiary/aromatic N) is 3. The third-order valence-corrected chi connectivity index (χ3v) is 3.92. The molecule has 4 N–H and O–H groups in total. The summed E-state index contributed by atoms with van der Waals surface area (Å²) in [5.41, 5.74) is 3.61. The Bertz CT molecular complexity index is 580. The van der Waals surface area contributed by atoms with Crippen molar-refractivity contribution in [3.63, 3.8) is 0 Å². The molecule has 0 saturated carbocycles. The number of nitrogens with one attached hydrogen (secondary N) is 2. The van der Waals surface area contributed by atoms with Gasteiger partial charge in [0.2, 0.25) is 0 Å². The van der Waals surface area contributed by atoms with Crippen LogP contribution in [0.1, 0.15) is 49.3 Å². The van der Waals surface area contributed by atoms with Crippen LogP contribution in [0.2, 0.25) is 0 Å². The highest BCUT2D eigenvalue weighted by Crippen LogP contribution is 2.23. The van der Waals surface area contributed by atoms with Gasteiger partial charge in [0.15, 0.2) is 0 Å². The molecule has 1 atom stereocenters. The van der Waals surface area contributed by atoms with Crippen LogP contribution in [0.25, 0.3) is 0 Å². The highest BCUT2D eigenvalue weighted by molar-refractivity contribution is 7.09. The molecular formula is C13H20N6S. The van der Waals surface area contributed by atoms with Gasteiger partial charge in [0.1, 0.15) is 22.5 Å². The fourth-order valence-corrected chi connectivity index (χ4v) is 2.53. The Morgan fingerprint density at radius 2 is 1.85 bits per heavy atom. The van der Waals surface area contributed by atoms with Gasteiger partial charge in [-0.25, -0.2) is 20.8 Å². The molecule has 2 rings (SSSR count). The molecular weight excluding hydrogens is 272 g/mol. The van der Waals surface area contributed by atoms with Gasteiger partial charge in [-0.15, -0.1) is 11.3 Å². The van der Waals surface area contributed by atoms with E-state index in [1.807, 2.05) is 26.2 Å². The second-order valence-corrected chi connectivity index (χ2v) is 5.88. The number of aromatic nitrogens is 3. The lowest BCUT2D eigenvalue weighted by Crippen LogP contribution is -2.14. The van der Waals surface area contributed by atoms with Crippen molar-refractivity contribution >= 4 is 23.0 Å². The van der Waals surface area contributed by atoms with E-state index in [2.05, 4.69) is 32.6 Å². The maximum absolute atomic E-state index is 5.45. The van der Waals surface area contributed by atoms with Crippen molar-refractivity contribution in [1.82, 2.24) is 15.0 Å². The van der Waals surface area contributed by atoms with Gasteiger partial charge in [-0.3, -0.25) is 0 Å². The van der Waals surface area contributed by atoms with Crippen LogP contribution < -0.4 is 16.6 Å². The summed E-state index contributed by atoms with van der Waals surface area (Å²) >= 11 is 1.64. The Labute approximate surface area is 122 Å². The van der Waals surface area contributed by atoms with E-state index in [9.17, 15) is 0 Å². The first kappa shape index (κ1) is 14.7. The number of nitrogens with two attached hydrogens (primary N) is 1. The minimum Gasteiger partial charge on any atom is -0.361 e. The number of hydrogen-bond acceptors (Lipinski definition) is 7. The average molecular weight is 292 g/mol. The van der Waals surface area contributed by atoms with Gasteiger partial charge in [-0.1, -0.05) is 13.8 Å². The van der Waals surface area contributed by atoms with E-state index < -0.39 is 0 Å². The molecule has 2 aromatic heterocycles. The summed E-state index contributed by atoms with van der Waals surface area (Å²) in [7, 11) is 0. The van der Waals surface area contributed by atoms with E-state index in [0.29, 0.717) is 5.82 Å². The maximum atomic E-state index is 5.45. The Morgan fingerprint density at radius 3 is 2.40 bits per heavy atom. The van der Waals surface area contributed by atoms with E-state index >= 15 is 0 Å². The summed E-state index contributed by atoms with van der Waals surface area (Å²) in [5, 5.41) is 6.42. The molecule has 0 aliphatic carbocycles. The van der Waals surface area contributed by atoms with Gasteiger partial charge in [0, 0.05) is 23.1 Å². The summed E-state index contributed by atoms with van der Waals surface area (Å²) in [6, 6.07) is 1.89. The van der Waals surface area contributed by atoms with Gasteiger partial charge >= 0.3 is 0 Å². The maximum Gasteiger partial charge on any atom is 0.145 e. The molecule has 7 heteroatoms. The minimum atomic E-state index is 0.0919. The zero-order valence-electron chi connectivity index (χ0n) is 12.1. The largest absolute Gasteiger partial charge is 0.361 e. The molecule has 0 aliphatic rings. The first-order valence-corrected chi connectivity index (χ1v) is 7.41. The predicted molar refractivity (Wildman–Crippen MR) is 82.8 cm³/mol. The van der Waals surface area contributed by atoms with Crippen LogP contribution in [0.4, 0.5) is 11.6 Å². The van der Waals surface area contributed by atoms with Gasteiger partial charge in [-0.2, -0.15) is 0 Å². The molecule has 2 heterocycles. The summed E-state index contributed by atoms with van der Waals surface area (Å²) in [6.07, 6.45) is 0. The van der Waals surface area contributed by atoms with Crippen LogP contribution in [-0.2, 0) is 0 Å². The lowest BCUT2D eigenvalue weighted by atomic mass is 10.2. The van der Waals surface area contributed by atoms with Crippen molar-refractivity contribution < 1.29 is 0 Å². The van der Waals surface area contributed by atoms with Crippen molar-refractivity contribution in [2.45, 2.75) is 39.7 Å². The third-order valence-electron chi connectivity index (χ3n) is 2.78. The summed E-state index contributed by atoms with van der Waals surface area (Å²) in [5.74, 6) is 7.80. The number of nitrogen functional groups attached to an aromatic ring is 1. The second-order valence-electron chi connectivity index (χ2n) is 4.99. The monoisotopic (exact) mass is 292 g/mol. The topological polar surface area (TPSA) is 88.8 Å². The SMILES string of the molecule is Cc1csc(C(C)Nc2cc(NN)nc(C(C)C)n2)n1. The van der Waals surface area contributed by atoms with Crippen molar-refractivity contribution in [2.75, 3.05) is 10.7 Å². The minimum absolute atomic E-state index is 0.0919. The van der Waals surface area contributed by atoms with E-state index in [0.717, 1.165) is 22.3 Å². The smallest absolute Gasteiger partial charge is 0.145 e. The number of hydrazine groups is 1. The summed E-state index contributed by atoms with van der Waals surface area (Å²) in [4.78, 5) is 13.3. The Hall–Kier alpha value is -1.73. The van der Waals surface area contributed by atoms with E-state index in [1.165, 1.54) is 0 Å². The number of aryl methyl sites for hydroxylation is 1. The standard InChI is InChI=1S/C13H20N6S/c1-7(2)12-17-10(5-11(18-12)19-14)16-9(4)13-15-8(3)6-20-13/h5-7,9H,14H2,1-4H3,(H2,16,17,18,19). The fraction of sp³-hybridized carbons (Fsp3) is 0.462. The predicted octanol–water partition coefficient (Wildman–Crippen LogP) is 2.82. The molecule has 20 heavy (non-hydrogen) atoms. The lowest BCUT2D eigenvalue weighted by Gasteiger charge is -2.15. The normalized spacial score (nSPS) is 12.5. The van der Waals surface area contributed by atoms with Crippen LogP contribution in [-0.4, -0.2) is 15.0 Å². The quantitative estimate of drug-likeness (QED) is 0.580. The highest BCUT2D eigenvalue weighted by atomic mass is 32.1. The highest BCUT2D eigenvalue weighted by Gasteiger charge is 2.12. The Balaban J connectivity index is 2.21. The van der Waals surface area contributed by atoms with Gasteiger partial charge in [0.05, 0.1) is 6.04 Å². The molecule has 0 aromatic carbocycles. The molecule has 0 amide bonds. The number of anilines is 2. The van der Waals surface area contributed by atoms with Crippen molar-refractivity contribution in [3.05, 3.63) is 28.0 Å². The van der Waals surface area contributed by atoms with Crippen LogP contribution >= 0.6 is 11.3 Å². The second kappa shape index (κ2) is 6.15. The molecule has 0 saturated heterocycles. The average Bonchev–Trinajstić information content (AvgIpc) is 2.85. The molecule has 0 aliphatic heterocycles. The molecule has 0 spiro atoms. The van der Waals surface area contributed by atoms with Crippen LogP contribution in [0, 0.1) is 6.92 Å². The Morgan fingerprint density at radius 1 is 1.15 bits per heavy atom. The Kier molecular flexibility index (Phi) is 4.51. The summed E-state index contributed by atoms with van der Waals surface area (Å²) in [6.45, 7) is 8.15. The number of rotatable bonds is 5. The van der Waals surface area contributed by atoms with Crippen LogP contribution in [0.15, 0.2) is 11.4 Å². The third kappa shape index (κ3) is 3.43. The molecule has 0 fully saturated rings. The summed E-state index contributed by atoms with van der Waals surface area (Å²) < 4.78 is 0. The fourth-order valence-electron chi connectivity index (χ4n) is 1.73. The molecule has 2 aromatic rings. The van der Waals surface area contributed by atoms with Gasteiger partial charge in [0.25, 0.3) is 0 Å². The molecule has 1 unspecified atom stereocenters. The van der Waals surface area contributed by atoms with E-state index in [1.54, 1.807) is 17.4 Å². The zero-order valence-corrected chi connectivity index (χ0v) is 13.0. The zero-order chi connectivity index (χ0) is 14.7. The van der Waals surface area contributed by atoms with E-state index in [4.69, 9.17) is 5.84 Å². The van der Waals surface area contributed by atoms with Crippen LogP contribution in [0.3, 0.4) is 0 Å². The van der Waals surface area contributed by atoms with Crippen molar-refractivity contribution in [3.8, 4) is 0 Å². The van der Waals surface area contributed by atoms with Gasteiger partial charge in [-0.05, 0) is 13.8 Å². The molecule has 6 nitrogen and oxygen atoms in total. The lowest BCUT2D eigenvalue weighted by molar-refractivity contribution is 0.768. The number of hydrogen-bond donors (Lipinski definition) is 3. The molecule has 0 bridgehead atoms. The van der Waals surface area contributed by atoms with Crippen LogP contribution in [0.5, 0.6) is 0 Å². The molecule has 0 radical (unpaired) electrons. The first-order chi connectivity index (χ1) is 9.49.